The Hall–Kier alpha value is -3.02. The van der Waals surface area contributed by atoms with Crippen LogP contribution in [0.4, 0.5) is 5.69 Å². The number of carbonyl (C=O) groups is 1. The fourth-order valence-electron chi connectivity index (χ4n) is 3.61. The van der Waals surface area contributed by atoms with Crippen molar-refractivity contribution in [2.75, 3.05) is 33.1 Å². The highest BCUT2D eigenvalue weighted by atomic mass is 35.5. The van der Waals surface area contributed by atoms with E-state index in [1.807, 2.05) is 49.4 Å². The van der Waals surface area contributed by atoms with Gasteiger partial charge in [0.1, 0.15) is 11.5 Å². The molecule has 0 aliphatic carbocycles. The summed E-state index contributed by atoms with van der Waals surface area (Å²) in [6.07, 6.45) is 1.84. The Morgan fingerprint density at radius 1 is 1.03 bits per heavy atom. The molecule has 0 saturated carbocycles. The van der Waals surface area contributed by atoms with E-state index in [1.165, 1.54) is 0 Å². The number of phenolic OH excluding ortho intramolecular Hbond substituents is 1. The number of methoxy groups -OCH3 is 1. The van der Waals surface area contributed by atoms with E-state index < -0.39 is 0 Å². The predicted octanol–water partition coefficient (Wildman–Crippen LogP) is 5.54. The lowest BCUT2D eigenvalue weighted by atomic mass is 10.00. The number of hydrogen-bond donors (Lipinski definition) is 2. The standard InChI is InChI=1S/C26H30N2O3.ClH/c1-18-16-23(29)12-13-24(18)19-7-10-22(11-8-19)27-26(30)21-9-14-25(31-4)20(17-21)6-5-15-28(2)3;/h7-14,16-17,29H,5-6,15H2,1-4H3,(H,27,30);1H. The molecule has 0 aromatic heterocycles. The van der Waals surface area contributed by atoms with Crippen LogP contribution >= 0.6 is 12.4 Å². The predicted molar refractivity (Wildman–Crippen MR) is 133 cm³/mol. The van der Waals surface area contributed by atoms with Crippen molar-refractivity contribution in [2.45, 2.75) is 19.8 Å². The first-order valence-electron chi connectivity index (χ1n) is 10.4. The maximum absolute atomic E-state index is 12.8. The van der Waals surface area contributed by atoms with Crippen molar-refractivity contribution >= 4 is 24.0 Å². The van der Waals surface area contributed by atoms with Crippen molar-refractivity contribution in [3.05, 3.63) is 77.4 Å². The molecule has 0 atom stereocenters. The van der Waals surface area contributed by atoms with Gasteiger partial charge in [-0.05, 0) is 105 Å². The molecule has 6 heteroatoms. The number of rotatable bonds is 8. The van der Waals surface area contributed by atoms with Crippen LogP contribution in [0.1, 0.15) is 27.9 Å². The Morgan fingerprint density at radius 3 is 2.38 bits per heavy atom. The van der Waals surface area contributed by atoms with Crippen LogP contribution in [0.15, 0.2) is 60.7 Å². The fourth-order valence-corrected chi connectivity index (χ4v) is 3.61. The maximum atomic E-state index is 12.8. The van der Waals surface area contributed by atoms with Crippen molar-refractivity contribution in [3.63, 3.8) is 0 Å². The van der Waals surface area contributed by atoms with Gasteiger partial charge >= 0.3 is 0 Å². The Labute approximate surface area is 196 Å². The van der Waals surface area contributed by atoms with E-state index in [9.17, 15) is 9.90 Å². The average molecular weight is 455 g/mol. The van der Waals surface area contributed by atoms with Gasteiger partial charge in [0.15, 0.2) is 0 Å². The van der Waals surface area contributed by atoms with Crippen LogP contribution in [-0.4, -0.2) is 43.7 Å². The summed E-state index contributed by atoms with van der Waals surface area (Å²) in [5, 5.41) is 12.6. The summed E-state index contributed by atoms with van der Waals surface area (Å²) in [5.41, 5.74) is 5.46. The highest BCUT2D eigenvalue weighted by molar-refractivity contribution is 6.04. The highest BCUT2D eigenvalue weighted by Crippen LogP contribution is 2.28. The molecule has 0 aliphatic rings. The lowest BCUT2D eigenvalue weighted by Gasteiger charge is -2.13. The molecule has 3 aromatic carbocycles. The molecule has 0 radical (unpaired) electrons. The fraction of sp³-hybridized carbons (Fsp3) is 0.269. The first-order valence-corrected chi connectivity index (χ1v) is 10.4. The summed E-state index contributed by atoms with van der Waals surface area (Å²) in [7, 11) is 5.76. The van der Waals surface area contributed by atoms with E-state index in [0.717, 1.165) is 53.1 Å². The van der Waals surface area contributed by atoms with Gasteiger partial charge < -0.3 is 20.1 Å². The Kier molecular flexibility index (Phi) is 9.12. The number of nitrogens with zero attached hydrogens (tertiary/aromatic N) is 1. The number of halogens is 1. The number of benzene rings is 3. The van der Waals surface area contributed by atoms with E-state index in [2.05, 4.69) is 24.3 Å². The molecule has 0 heterocycles. The van der Waals surface area contributed by atoms with E-state index >= 15 is 0 Å². The number of ether oxygens (including phenoxy) is 1. The Morgan fingerprint density at radius 2 is 1.75 bits per heavy atom. The van der Waals surface area contributed by atoms with Gasteiger partial charge in [-0.2, -0.15) is 0 Å². The molecule has 2 N–H and O–H groups in total. The van der Waals surface area contributed by atoms with Crippen LogP contribution in [0.25, 0.3) is 11.1 Å². The van der Waals surface area contributed by atoms with Crippen LogP contribution in [0.5, 0.6) is 11.5 Å². The van der Waals surface area contributed by atoms with Crippen LogP contribution in [-0.2, 0) is 6.42 Å². The summed E-state index contributed by atoms with van der Waals surface area (Å²) in [6.45, 7) is 2.94. The number of anilines is 1. The second-order valence-corrected chi connectivity index (χ2v) is 7.96. The van der Waals surface area contributed by atoms with E-state index in [4.69, 9.17) is 4.74 Å². The molecule has 32 heavy (non-hydrogen) atoms. The number of carbonyl (C=O) groups excluding carboxylic acids is 1. The quantitative estimate of drug-likeness (QED) is 0.468. The van der Waals surface area contributed by atoms with Gasteiger partial charge in [0, 0.05) is 11.3 Å². The molecule has 0 fully saturated rings. The average Bonchev–Trinajstić information content (AvgIpc) is 2.74. The zero-order chi connectivity index (χ0) is 22.4. The van der Waals surface area contributed by atoms with E-state index in [0.29, 0.717) is 5.56 Å². The van der Waals surface area contributed by atoms with Crippen LogP contribution < -0.4 is 10.1 Å². The largest absolute Gasteiger partial charge is 0.508 e. The SMILES string of the molecule is COc1ccc(C(=O)Nc2ccc(-c3ccc(O)cc3C)cc2)cc1CCCN(C)C.Cl. The summed E-state index contributed by atoms with van der Waals surface area (Å²) in [5.74, 6) is 0.916. The third-order valence-corrected chi connectivity index (χ3v) is 5.26. The summed E-state index contributed by atoms with van der Waals surface area (Å²) in [6, 6.07) is 18.6. The maximum Gasteiger partial charge on any atom is 0.255 e. The highest BCUT2D eigenvalue weighted by Gasteiger charge is 2.11. The molecule has 0 spiro atoms. The first-order chi connectivity index (χ1) is 14.9. The monoisotopic (exact) mass is 454 g/mol. The Bertz CT molecular complexity index is 1050. The lowest BCUT2D eigenvalue weighted by molar-refractivity contribution is 0.102. The summed E-state index contributed by atoms with van der Waals surface area (Å²) in [4.78, 5) is 15.0. The number of nitrogens with one attached hydrogen (secondary N) is 1. The molecule has 0 aliphatic heterocycles. The van der Waals surface area contributed by atoms with Crippen molar-refractivity contribution in [1.82, 2.24) is 4.90 Å². The van der Waals surface area contributed by atoms with Crippen LogP contribution in [0.2, 0.25) is 0 Å². The molecule has 5 nitrogen and oxygen atoms in total. The van der Waals surface area contributed by atoms with E-state index in [-0.39, 0.29) is 24.1 Å². The van der Waals surface area contributed by atoms with Gasteiger partial charge in [-0.1, -0.05) is 18.2 Å². The summed E-state index contributed by atoms with van der Waals surface area (Å²) < 4.78 is 5.47. The topological polar surface area (TPSA) is 61.8 Å². The molecular weight excluding hydrogens is 424 g/mol. The molecule has 3 rings (SSSR count). The number of aryl methyl sites for hydroxylation is 2. The zero-order valence-electron chi connectivity index (χ0n) is 19.0. The molecule has 0 saturated heterocycles. The first kappa shape index (κ1) is 25.2. The van der Waals surface area contributed by atoms with Gasteiger partial charge in [0.25, 0.3) is 5.91 Å². The minimum Gasteiger partial charge on any atom is -0.508 e. The van der Waals surface area contributed by atoms with Crippen molar-refractivity contribution in [1.29, 1.82) is 0 Å². The van der Waals surface area contributed by atoms with Crippen LogP contribution in [0.3, 0.4) is 0 Å². The van der Waals surface area contributed by atoms with Gasteiger partial charge in [-0.15, -0.1) is 12.4 Å². The van der Waals surface area contributed by atoms with E-state index in [1.54, 1.807) is 25.3 Å². The third kappa shape index (κ3) is 6.49. The number of hydrogen-bond acceptors (Lipinski definition) is 4. The number of phenols is 1. The molecule has 0 bridgehead atoms. The van der Waals surface area contributed by atoms with Crippen molar-refractivity contribution < 1.29 is 14.6 Å². The summed E-state index contributed by atoms with van der Waals surface area (Å²) >= 11 is 0. The number of amides is 1. The van der Waals surface area contributed by atoms with Gasteiger partial charge in [0.05, 0.1) is 7.11 Å². The van der Waals surface area contributed by atoms with Crippen molar-refractivity contribution in [3.8, 4) is 22.6 Å². The smallest absolute Gasteiger partial charge is 0.255 e. The minimum atomic E-state index is -0.148. The minimum absolute atomic E-state index is 0. The molecule has 170 valence electrons. The molecule has 1 amide bonds. The lowest BCUT2D eigenvalue weighted by Crippen LogP contribution is -2.14. The molecule has 0 unspecified atom stereocenters. The zero-order valence-corrected chi connectivity index (χ0v) is 19.8. The van der Waals surface area contributed by atoms with Crippen LogP contribution in [0, 0.1) is 6.92 Å². The number of aromatic hydroxyl groups is 1. The van der Waals surface area contributed by atoms with Gasteiger partial charge in [-0.3, -0.25) is 4.79 Å². The van der Waals surface area contributed by atoms with Crippen molar-refractivity contribution in [2.24, 2.45) is 0 Å². The normalized spacial score (nSPS) is 10.5. The molecular formula is C26H31ClN2O3. The van der Waals surface area contributed by atoms with Gasteiger partial charge in [-0.25, -0.2) is 0 Å². The van der Waals surface area contributed by atoms with Gasteiger partial charge in [0.2, 0.25) is 0 Å². The second kappa shape index (κ2) is 11.6. The Balaban J connectivity index is 0.00000363. The molecule has 3 aromatic rings. The second-order valence-electron chi connectivity index (χ2n) is 7.96. The third-order valence-electron chi connectivity index (χ3n) is 5.26.